The number of rotatable bonds is 2. The molecule has 0 spiro atoms. The number of aliphatic hydroxyl groups excluding tert-OH is 1. The number of hydrogen-bond acceptors (Lipinski definition) is 1. The van der Waals surface area contributed by atoms with Gasteiger partial charge in [0.1, 0.15) is 6.10 Å². The molecule has 7 heavy (non-hydrogen) atoms. The van der Waals surface area contributed by atoms with Crippen LogP contribution in [0, 0.1) is 6.57 Å². The minimum absolute atomic E-state index is 0.247. The van der Waals surface area contributed by atoms with Gasteiger partial charge < -0.3 is 9.95 Å². The van der Waals surface area contributed by atoms with Gasteiger partial charge in [-0.25, -0.2) is 6.57 Å². The van der Waals surface area contributed by atoms with E-state index in [-0.39, 0.29) is 6.54 Å². The Kier molecular flexibility index (Phi) is 3.35. The first kappa shape index (κ1) is 6.45. The van der Waals surface area contributed by atoms with Crippen LogP contribution in [0.25, 0.3) is 4.85 Å². The normalized spacial score (nSPS) is 12.7. The fraction of sp³-hybridized carbons (Fsp3) is 0.800. The molecule has 0 aromatic heterocycles. The second-order valence-electron chi connectivity index (χ2n) is 1.40. The van der Waals surface area contributed by atoms with Gasteiger partial charge in [0.25, 0.3) is 0 Å². The molecule has 0 aromatic rings. The highest BCUT2D eigenvalue weighted by molar-refractivity contribution is 4.65. The standard InChI is InChI=1S/C5H9NO/c1-3-5(7)4-6-2/h5,7H,3-4H2,1H3. The lowest BCUT2D eigenvalue weighted by Gasteiger charge is -1.93. The van der Waals surface area contributed by atoms with E-state index in [0.717, 1.165) is 0 Å². The molecule has 0 fully saturated rings. The summed E-state index contributed by atoms with van der Waals surface area (Å²) in [7, 11) is 0. The molecule has 2 heteroatoms. The predicted molar refractivity (Wildman–Crippen MR) is 27.8 cm³/mol. The van der Waals surface area contributed by atoms with Crippen LogP contribution < -0.4 is 0 Å². The van der Waals surface area contributed by atoms with Gasteiger partial charge in [-0.15, -0.1) is 0 Å². The van der Waals surface area contributed by atoms with Crippen LogP contribution in [0.5, 0.6) is 0 Å². The molecule has 0 aliphatic heterocycles. The first-order valence-corrected chi connectivity index (χ1v) is 2.32. The third-order valence-corrected chi connectivity index (χ3v) is 0.773. The summed E-state index contributed by atoms with van der Waals surface area (Å²) in [6.07, 6.45) is 0.278. The van der Waals surface area contributed by atoms with E-state index in [1.54, 1.807) is 0 Å². The number of hydrogen-bond donors (Lipinski definition) is 1. The van der Waals surface area contributed by atoms with Crippen molar-refractivity contribution < 1.29 is 5.11 Å². The quantitative estimate of drug-likeness (QED) is 0.506. The lowest BCUT2D eigenvalue weighted by Crippen LogP contribution is -2.06. The monoisotopic (exact) mass is 99.1 g/mol. The molecule has 40 valence electrons. The van der Waals surface area contributed by atoms with E-state index in [2.05, 4.69) is 4.85 Å². The Bertz CT molecular complexity index is 74.6. The molecule has 0 aliphatic rings. The van der Waals surface area contributed by atoms with Gasteiger partial charge in [-0.3, -0.25) is 0 Å². The van der Waals surface area contributed by atoms with Gasteiger partial charge in [0.05, 0.1) is 0 Å². The Hall–Kier alpha value is -0.550. The molecule has 0 rings (SSSR count). The highest BCUT2D eigenvalue weighted by atomic mass is 16.3. The van der Waals surface area contributed by atoms with Gasteiger partial charge >= 0.3 is 0 Å². The van der Waals surface area contributed by atoms with Gasteiger partial charge in [-0.05, 0) is 6.42 Å². The largest absolute Gasteiger partial charge is 0.385 e. The second-order valence-corrected chi connectivity index (χ2v) is 1.40. The van der Waals surface area contributed by atoms with Crippen molar-refractivity contribution in [2.24, 2.45) is 0 Å². The molecule has 0 radical (unpaired) electrons. The first-order valence-electron chi connectivity index (χ1n) is 2.32. The second kappa shape index (κ2) is 3.63. The van der Waals surface area contributed by atoms with Crippen molar-refractivity contribution in [2.75, 3.05) is 6.54 Å². The highest BCUT2D eigenvalue weighted by Gasteiger charge is 1.99. The van der Waals surface area contributed by atoms with E-state index >= 15 is 0 Å². The van der Waals surface area contributed by atoms with Crippen LogP contribution in [-0.4, -0.2) is 17.8 Å². The van der Waals surface area contributed by atoms with Gasteiger partial charge in [0.15, 0.2) is 0 Å². The summed E-state index contributed by atoms with van der Waals surface area (Å²) in [4.78, 5) is 3.01. The third-order valence-electron chi connectivity index (χ3n) is 0.773. The van der Waals surface area contributed by atoms with Crippen LogP contribution in [-0.2, 0) is 0 Å². The van der Waals surface area contributed by atoms with Crippen LogP contribution in [0.1, 0.15) is 13.3 Å². The molecular formula is C5H9NO. The molecule has 2 nitrogen and oxygen atoms in total. The lowest BCUT2D eigenvalue weighted by atomic mass is 10.3. The maximum Gasteiger partial charge on any atom is 0.240 e. The van der Waals surface area contributed by atoms with E-state index in [0.29, 0.717) is 6.42 Å². The predicted octanol–water partition coefficient (Wildman–Crippen LogP) is 0.677. The van der Waals surface area contributed by atoms with E-state index in [1.807, 2.05) is 6.92 Å². The van der Waals surface area contributed by atoms with Crippen molar-refractivity contribution in [3.8, 4) is 0 Å². The summed E-state index contributed by atoms with van der Waals surface area (Å²) in [5.74, 6) is 0. The molecule has 1 N–H and O–H groups in total. The maximum atomic E-state index is 8.64. The zero-order valence-corrected chi connectivity index (χ0v) is 4.39. The Labute approximate surface area is 43.6 Å². The van der Waals surface area contributed by atoms with Gasteiger partial charge in [-0.2, -0.15) is 0 Å². The molecular weight excluding hydrogens is 90.1 g/mol. The minimum Gasteiger partial charge on any atom is -0.385 e. The summed E-state index contributed by atoms with van der Waals surface area (Å²) in [5.41, 5.74) is 0. The molecule has 0 heterocycles. The van der Waals surface area contributed by atoms with E-state index in [4.69, 9.17) is 11.7 Å². The van der Waals surface area contributed by atoms with Crippen LogP contribution in [0.4, 0.5) is 0 Å². The molecule has 0 saturated heterocycles. The maximum absolute atomic E-state index is 8.64. The molecule has 1 atom stereocenters. The summed E-state index contributed by atoms with van der Waals surface area (Å²) in [6.45, 7) is 8.40. The fourth-order valence-corrected chi connectivity index (χ4v) is 0.234. The smallest absolute Gasteiger partial charge is 0.240 e. The van der Waals surface area contributed by atoms with E-state index < -0.39 is 6.10 Å². The van der Waals surface area contributed by atoms with Crippen molar-refractivity contribution in [3.63, 3.8) is 0 Å². The molecule has 1 unspecified atom stereocenters. The van der Waals surface area contributed by atoms with Gasteiger partial charge in [-0.1, -0.05) is 6.92 Å². The van der Waals surface area contributed by atoms with Crippen molar-refractivity contribution in [3.05, 3.63) is 11.4 Å². The van der Waals surface area contributed by atoms with Gasteiger partial charge in [0.2, 0.25) is 6.54 Å². The highest BCUT2D eigenvalue weighted by Crippen LogP contribution is 1.87. The summed E-state index contributed by atoms with van der Waals surface area (Å²) >= 11 is 0. The van der Waals surface area contributed by atoms with Crippen LogP contribution in [0.2, 0.25) is 0 Å². The zero-order valence-electron chi connectivity index (χ0n) is 4.39. The first-order chi connectivity index (χ1) is 3.31. The summed E-state index contributed by atoms with van der Waals surface area (Å²) in [5, 5.41) is 8.64. The molecule has 0 saturated carbocycles. The topological polar surface area (TPSA) is 24.6 Å². The van der Waals surface area contributed by atoms with Crippen LogP contribution >= 0.6 is 0 Å². The Morgan fingerprint density at radius 3 is 2.57 bits per heavy atom. The average Bonchev–Trinajstić information content (AvgIpc) is 1.68. The van der Waals surface area contributed by atoms with E-state index in [1.165, 1.54) is 0 Å². The molecule has 0 aromatic carbocycles. The van der Waals surface area contributed by atoms with Crippen molar-refractivity contribution in [1.82, 2.24) is 0 Å². The Morgan fingerprint density at radius 2 is 2.43 bits per heavy atom. The Balaban J connectivity index is 3.03. The molecule has 0 aliphatic carbocycles. The van der Waals surface area contributed by atoms with Crippen LogP contribution in [0.3, 0.4) is 0 Å². The van der Waals surface area contributed by atoms with Crippen molar-refractivity contribution >= 4 is 0 Å². The fourth-order valence-electron chi connectivity index (χ4n) is 0.234. The van der Waals surface area contributed by atoms with Crippen molar-refractivity contribution in [2.45, 2.75) is 19.4 Å². The Morgan fingerprint density at radius 1 is 1.86 bits per heavy atom. The number of aliphatic hydroxyl groups is 1. The average molecular weight is 99.1 g/mol. The lowest BCUT2D eigenvalue weighted by molar-refractivity contribution is 0.187. The molecule has 0 bridgehead atoms. The third kappa shape index (κ3) is 3.28. The molecule has 0 amide bonds. The zero-order chi connectivity index (χ0) is 5.70. The minimum atomic E-state index is -0.405. The number of nitrogens with zero attached hydrogens (tertiary/aromatic N) is 1. The van der Waals surface area contributed by atoms with E-state index in [9.17, 15) is 0 Å². The summed E-state index contributed by atoms with van der Waals surface area (Å²) < 4.78 is 0. The SMILES string of the molecule is [C-]#[N+]CC(O)CC. The van der Waals surface area contributed by atoms with Gasteiger partial charge in [0, 0.05) is 0 Å². The van der Waals surface area contributed by atoms with Crippen LogP contribution in [0.15, 0.2) is 0 Å². The summed E-state index contributed by atoms with van der Waals surface area (Å²) in [6, 6.07) is 0. The van der Waals surface area contributed by atoms with Crippen molar-refractivity contribution in [1.29, 1.82) is 0 Å².